The Morgan fingerprint density at radius 1 is 1.24 bits per heavy atom. The minimum atomic E-state index is 0. The molecule has 0 bridgehead atoms. The zero-order valence-electron chi connectivity index (χ0n) is 14.5. The molecule has 2 N–H and O–H groups in total. The summed E-state index contributed by atoms with van der Waals surface area (Å²) in [4.78, 5) is 12.1. The lowest BCUT2D eigenvalue weighted by Crippen LogP contribution is -2.28. The topological polar surface area (TPSA) is 66.9 Å². The molecular formula is C18H25ClN4OS. The van der Waals surface area contributed by atoms with Crippen LogP contribution in [-0.2, 0) is 11.2 Å². The van der Waals surface area contributed by atoms with Crippen LogP contribution >= 0.6 is 23.7 Å². The normalized spacial score (nSPS) is 14.8. The monoisotopic (exact) mass is 380 g/mol. The van der Waals surface area contributed by atoms with E-state index in [1.165, 1.54) is 35.3 Å². The fraction of sp³-hybridized carbons (Fsp3) is 0.500. The molecule has 1 aromatic carbocycles. The first-order valence-electron chi connectivity index (χ1n) is 8.57. The fourth-order valence-electron chi connectivity index (χ4n) is 2.94. The van der Waals surface area contributed by atoms with Crippen molar-refractivity contribution in [2.75, 3.05) is 18.4 Å². The first-order valence-corrected chi connectivity index (χ1v) is 9.39. The Bertz CT molecular complexity index is 668. The molecule has 1 saturated heterocycles. The van der Waals surface area contributed by atoms with Gasteiger partial charge in [-0.2, -0.15) is 0 Å². The van der Waals surface area contributed by atoms with Gasteiger partial charge in [-0.15, -0.1) is 22.6 Å². The molecule has 1 aromatic heterocycles. The molecule has 1 aliphatic heterocycles. The number of piperidine rings is 1. The van der Waals surface area contributed by atoms with Crippen LogP contribution in [0.5, 0.6) is 0 Å². The summed E-state index contributed by atoms with van der Waals surface area (Å²) in [5.74, 6) is 0.718. The molecule has 2 aromatic rings. The minimum absolute atomic E-state index is 0. The zero-order chi connectivity index (χ0) is 16.8. The number of carbonyl (C=O) groups excluding carboxylic acids is 1. The molecule has 1 aliphatic rings. The Kier molecular flexibility index (Phi) is 7.81. The number of aromatic nitrogens is 2. The Hall–Kier alpha value is -1.50. The summed E-state index contributed by atoms with van der Waals surface area (Å²) in [5, 5.41) is 16.0. The van der Waals surface area contributed by atoms with Crippen LogP contribution in [0.3, 0.4) is 0 Å². The summed E-state index contributed by atoms with van der Waals surface area (Å²) in [6.45, 7) is 4.22. The number of halogens is 1. The van der Waals surface area contributed by atoms with Crippen LogP contribution in [0.1, 0.15) is 41.8 Å². The molecule has 7 heteroatoms. The van der Waals surface area contributed by atoms with Gasteiger partial charge in [0, 0.05) is 12.8 Å². The van der Waals surface area contributed by atoms with Crippen LogP contribution < -0.4 is 10.6 Å². The van der Waals surface area contributed by atoms with E-state index in [-0.39, 0.29) is 18.3 Å². The van der Waals surface area contributed by atoms with Crippen molar-refractivity contribution >= 4 is 34.8 Å². The lowest BCUT2D eigenvalue weighted by atomic mass is 9.93. The molecule has 0 atom stereocenters. The van der Waals surface area contributed by atoms with Crippen LogP contribution in [0.4, 0.5) is 5.13 Å². The Morgan fingerprint density at radius 2 is 1.96 bits per heavy atom. The zero-order valence-corrected chi connectivity index (χ0v) is 16.1. The van der Waals surface area contributed by atoms with E-state index in [4.69, 9.17) is 0 Å². The van der Waals surface area contributed by atoms with Crippen molar-refractivity contribution in [3.63, 3.8) is 0 Å². The first kappa shape index (κ1) is 19.8. The molecule has 2 heterocycles. The van der Waals surface area contributed by atoms with Gasteiger partial charge in [0.1, 0.15) is 5.01 Å². The third kappa shape index (κ3) is 6.38. The Labute approximate surface area is 159 Å². The molecule has 3 rings (SSSR count). The lowest BCUT2D eigenvalue weighted by Gasteiger charge is -2.21. The number of nitrogens with zero attached hydrogens (tertiary/aromatic N) is 2. The predicted octanol–water partition coefficient (Wildman–Crippen LogP) is 3.58. The number of nitrogens with one attached hydrogen (secondary N) is 2. The highest BCUT2D eigenvalue weighted by molar-refractivity contribution is 7.15. The van der Waals surface area contributed by atoms with Gasteiger partial charge in [-0.25, -0.2) is 0 Å². The van der Waals surface area contributed by atoms with Gasteiger partial charge < -0.3 is 10.6 Å². The van der Waals surface area contributed by atoms with Crippen molar-refractivity contribution in [1.29, 1.82) is 0 Å². The summed E-state index contributed by atoms with van der Waals surface area (Å²) >= 11 is 1.46. The second kappa shape index (κ2) is 9.85. The van der Waals surface area contributed by atoms with E-state index in [0.717, 1.165) is 30.9 Å². The van der Waals surface area contributed by atoms with Crippen molar-refractivity contribution in [2.24, 2.45) is 5.92 Å². The Morgan fingerprint density at radius 3 is 2.68 bits per heavy atom. The molecule has 1 amide bonds. The van der Waals surface area contributed by atoms with E-state index in [1.807, 2.05) is 0 Å². The van der Waals surface area contributed by atoms with Crippen molar-refractivity contribution in [1.82, 2.24) is 15.5 Å². The van der Waals surface area contributed by atoms with Crippen LogP contribution in [0.25, 0.3) is 0 Å². The maximum Gasteiger partial charge on any atom is 0.226 e. The number of hydrogen-bond acceptors (Lipinski definition) is 5. The smallest absolute Gasteiger partial charge is 0.226 e. The molecule has 25 heavy (non-hydrogen) atoms. The number of amides is 1. The summed E-state index contributed by atoms with van der Waals surface area (Å²) < 4.78 is 0. The predicted molar refractivity (Wildman–Crippen MR) is 105 cm³/mol. The highest BCUT2D eigenvalue weighted by Gasteiger charge is 2.15. The van der Waals surface area contributed by atoms with Crippen LogP contribution in [0.2, 0.25) is 0 Å². The second-order valence-electron chi connectivity index (χ2n) is 6.44. The first-order chi connectivity index (χ1) is 11.7. The van der Waals surface area contributed by atoms with Gasteiger partial charge in [0.2, 0.25) is 11.0 Å². The second-order valence-corrected chi connectivity index (χ2v) is 7.51. The van der Waals surface area contributed by atoms with Gasteiger partial charge in [0.05, 0.1) is 0 Å². The molecule has 0 radical (unpaired) electrons. The van der Waals surface area contributed by atoms with Gasteiger partial charge in [-0.3, -0.25) is 4.79 Å². The summed E-state index contributed by atoms with van der Waals surface area (Å²) in [7, 11) is 0. The quantitative estimate of drug-likeness (QED) is 0.803. The third-order valence-corrected chi connectivity index (χ3v) is 5.27. The lowest BCUT2D eigenvalue weighted by molar-refractivity contribution is -0.116. The molecular weight excluding hydrogens is 356 g/mol. The van der Waals surface area contributed by atoms with Gasteiger partial charge in [-0.05, 0) is 50.8 Å². The number of rotatable bonds is 6. The van der Waals surface area contributed by atoms with Crippen molar-refractivity contribution in [2.45, 2.75) is 39.0 Å². The van der Waals surface area contributed by atoms with E-state index in [2.05, 4.69) is 52.0 Å². The maximum absolute atomic E-state index is 12.1. The van der Waals surface area contributed by atoms with Crippen molar-refractivity contribution < 1.29 is 4.79 Å². The SMILES string of the molecule is Cc1ccc(Cc2nnc(NC(=O)CCC3CCNCC3)s2)cc1.Cl. The molecule has 0 unspecified atom stereocenters. The molecule has 0 spiro atoms. The van der Waals surface area contributed by atoms with Crippen molar-refractivity contribution in [3.8, 4) is 0 Å². The van der Waals surface area contributed by atoms with E-state index < -0.39 is 0 Å². The average molecular weight is 381 g/mol. The van der Waals surface area contributed by atoms with Gasteiger partial charge in [0.15, 0.2) is 0 Å². The highest BCUT2D eigenvalue weighted by Crippen LogP contribution is 2.21. The molecule has 1 fully saturated rings. The van der Waals surface area contributed by atoms with E-state index in [0.29, 0.717) is 17.5 Å². The molecule has 5 nitrogen and oxygen atoms in total. The number of anilines is 1. The fourth-order valence-corrected chi connectivity index (χ4v) is 3.73. The van der Waals surface area contributed by atoms with E-state index in [9.17, 15) is 4.79 Å². The maximum atomic E-state index is 12.1. The number of carbonyl (C=O) groups is 1. The van der Waals surface area contributed by atoms with Gasteiger partial charge >= 0.3 is 0 Å². The summed E-state index contributed by atoms with van der Waals surface area (Å²) in [6, 6.07) is 8.40. The molecule has 0 saturated carbocycles. The van der Waals surface area contributed by atoms with E-state index in [1.54, 1.807) is 0 Å². The van der Waals surface area contributed by atoms with Gasteiger partial charge in [0.25, 0.3) is 0 Å². The number of hydrogen-bond donors (Lipinski definition) is 2. The average Bonchev–Trinajstić information content (AvgIpc) is 3.03. The minimum Gasteiger partial charge on any atom is -0.317 e. The number of aryl methyl sites for hydroxylation is 1. The van der Waals surface area contributed by atoms with E-state index >= 15 is 0 Å². The standard InChI is InChI=1S/C18H24N4OS.ClH/c1-13-2-4-15(5-3-13)12-17-21-22-18(24-17)20-16(23)7-6-14-8-10-19-11-9-14;/h2-5,14,19H,6-12H2,1H3,(H,20,22,23);1H. The molecule has 136 valence electrons. The van der Waals surface area contributed by atoms with Crippen molar-refractivity contribution in [3.05, 3.63) is 40.4 Å². The van der Waals surface area contributed by atoms with Gasteiger partial charge in [-0.1, -0.05) is 41.2 Å². The van der Waals surface area contributed by atoms with Crippen LogP contribution in [0, 0.1) is 12.8 Å². The largest absolute Gasteiger partial charge is 0.317 e. The summed E-state index contributed by atoms with van der Waals surface area (Å²) in [6.07, 6.45) is 4.63. The van der Waals surface area contributed by atoms with Crippen LogP contribution in [0.15, 0.2) is 24.3 Å². The van der Waals surface area contributed by atoms with Crippen LogP contribution in [-0.4, -0.2) is 29.2 Å². The number of benzene rings is 1. The highest BCUT2D eigenvalue weighted by atomic mass is 35.5. The molecule has 0 aliphatic carbocycles. The Balaban J connectivity index is 0.00000225. The summed E-state index contributed by atoms with van der Waals surface area (Å²) in [5.41, 5.74) is 2.46. The third-order valence-electron chi connectivity index (χ3n) is 4.43.